The molecule has 0 saturated carbocycles. The molecule has 2 nitrogen and oxygen atoms in total. The van der Waals surface area contributed by atoms with Gasteiger partial charge in [-0.25, -0.2) is 4.39 Å². The maximum Gasteiger partial charge on any atom is 0.126 e. The number of benzene rings is 1. The summed E-state index contributed by atoms with van der Waals surface area (Å²) in [7, 11) is 0. The van der Waals surface area contributed by atoms with E-state index in [-0.39, 0.29) is 11.9 Å². The quantitative estimate of drug-likeness (QED) is 0.658. The predicted molar refractivity (Wildman–Crippen MR) is 86.2 cm³/mol. The second-order valence-electron chi connectivity index (χ2n) is 5.51. The van der Waals surface area contributed by atoms with Crippen LogP contribution in [0.1, 0.15) is 34.8 Å². The Morgan fingerprint density at radius 3 is 3.10 bits per heavy atom. The topological polar surface area (TPSA) is 38.0 Å². The van der Waals surface area contributed by atoms with Crippen molar-refractivity contribution in [1.29, 1.82) is 0 Å². The van der Waals surface area contributed by atoms with Crippen molar-refractivity contribution in [3.8, 4) is 0 Å². The zero-order valence-corrected chi connectivity index (χ0v) is 13.2. The molecule has 0 aliphatic heterocycles. The van der Waals surface area contributed by atoms with Crippen molar-refractivity contribution < 1.29 is 4.39 Å². The number of halogens is 2. The summed E-state index contributed by atoms with van der Waals surface area (Å²) in [6.07, 6.45) is 3.93. The first-order valence-electron chi connectivity index (χ1n) is 7.15. The first kappa shape index (κ1) is 15.0. The fourth-order valence-electron chi connectivity index (χ4n) is 3.19. The van der Waals surface area contributed by atoms with Gasteiger partial charge in [0.25, 0.3) is 0 Å². The molecular formula is C16H18ClFN2S. The van der Waals surface area contributed by atoms with E-state index >= 15 is 0 Å². The van der Waals surface area contributed by atoms with Gasteiger partial charge in [0.1, 0.15) is 5.82 Å². The number of fused-ring (bicyclic) bond motifs is 1. The zero-order chi connectivity index (χ0) is 14.8. The third-order valence-electron chi connectivity index (χ3n) is 4.25. The highest BCUT2D eigenvalue weighted by Crippen LogP contribution is 2.37. The Kier molecular flexibility index (Phi) is 4.60. The lowest BCUT2D eigenvalue weighted by atomic mass is 9.80. The summed E-state index contributed by atoms with van der Waals surface area (Å²) < 4.78 is 13.9. The van der Waals surface area contributed by atoms with Gasteiger partial charge in [-0.3, -0.25) is 11.3 Å². The van der Waals surface area contributed by atoms with Crippen LogP contribution < -0.4 is 11.3 Å². The Balaban J connectivity index is 1.85. The highest BCUT2D eigenvalue weighted by Gasteiger charge is 2.28. The highest BCUT2D eigenvalue weighted by atomic mass is 35.5. The molecule has 21 heavy (non-hydrogen) atoms. The normalized spacial score (nSPS) is 19.3. The molecule has 0 fully saturated rings. The lowest BCUT2D eigenvalue weighted by Gasteiger charge is -2.30. The van der Waals surface area contributed by atoms with Crippen molar-refractivity contribution in [2.24, 2.45) is 5.84 Å². The molecule has 1 aromatic heterocycles. The van der Waals surface area contributed by atoms with Crippen LogP contribution in [0.15, 0.2) is 29.6 Å². The van der Waals surface area contributed by atoms with Gasteiger partial charge in [0.15, 0.2) is 0 Å². The van der Waals surface area contributed by atoms with Crippen molar-refractivity contribution in [3.63, 3.8) is 0 Å². The molecule has 5 heteroatoms. The molecule has 3 rings (SSSR count). The fraction of sp³-hybridized carbons (Fsp3) is 0.375. The summed E-state index contributed by atoms with van der Waals surface area (Å²) in [6.45, 7) is 0. The van der Waals surface area contributed by atoms with Gasteiger partial charge in [-0.2, -0.15) is 0 Å². The number of hydrazine groups is 1. The number of aryl methyl sites for hydroxylation is 1. The molecule has 0 radical (unpaired) electrons. The van der Waals surface area contributed by atoms with Gasteiger partial charge in [0.05, 0.1) is 0 Å². The van der Waals surface area contributed by atoms with Crippen LogP contribution in [0.4, 0.5) is 4.39 Å². The molecule has 2 unspecified atom stereocenters. The van der Waals surface area contributed by atoms with Crippen LogP contribution in [-0.4, -0.2) is 6.04 Å². The first-order valence-corrected chi connectivity index (χ1v) is 8.41. The summed E-state index contributed by atoms with van der Waals surface area (Å²) in [6, 6.07) is 6.89. The van der Waals surface area contributed by atoms with Gasteiger partial charge in [-0.05, 0) is 66.5 Å². The van der Waals surface area contributed by atoms with E-state index in [1.807, 2.05) is 0 Å². The monoisotopic (exact) mass is 324 g/mol. The average Bonchev–Trinajstić information content (AvgIpc) is 2.96. The van der Waals surface area contributed by atoms with E-state index in [0.29, 0.717) is 22.9 Å². The minimum Gasteiger partial charge on any atom is -0.271 e. The zero-order valence-electron chi connectivity index (χ0n) is 11.6. The Morgan fingerprint density at radius 1 is 1.43 bits per heavy atom. The summed E-state index contributed by atoms with van der Waals surface area (Å²) >= 11 is 7.78. The average molecular weight is 325 g/mol. The van der Waals surface area contributed by atoms with E-state index in [4.69, 9.17) is 17.4 Å². The van der Waals surface area contributed by atoms with Gasteiger partial charge in [-0.15, -0.1) is 11.3 Å². The van der Waals surface area contributed by atoms with E-state index in [0.717, 1.165) is 19.3 Å². The minimum absolute atomic E-state index is 0.0200. The Hall–Kier alpha value is -0.940. The summed E-state index contributed by atoms with van der Waals surface area (Å²) in [5.41, 5.74) is 4.88. The molecule has 1 aliphatic rings. The third-order valence-corrected chi connectivity index (χ3v) is 5.48. The number of nitrogens with two attached hydrogens (primary N) is 1. The molecule has 2 aromatic rings. The van der Waals surface area contributed by atoms with E-state index < -0.39 is 0 Å². The van der Waals surface area contributed by atoms with E-state index in [2.05, 4.69) is 16.9 Å². The number of thiophene rings is 1. The summed E-state index contributed by atoms with van der Waals surface area (Å²) in [5, 5.41) is 2.69. The summed E-state index contributed by atoms with van der Waals surface area (Å²) in [5.74, 6) is 5.88. The highest BCUT2D eigenvalue weighted by molar-refractivity contribution is 7.10. The molecule has 1 aromatic carbocycles. The van der Waals surface area contributed by atoms with Crippen molar-refractivity contribution in [2.45, 2.75) is 37.6 Å². The molecular weight excluding hydrogens is 307 g/mol. The van der Waals surface area contributed by atoms with Gasteiger partial charge in [0.2, 0.25) is 0 Å². The van der Waals surface area contributed by atoms with Crippen LogP contribution >= 0.6 is 22.9 Å². The smallest absolute Gasteiger partial charge is 0.126 e. The molecule has 0 amide bonds. The second kappa shape index (κ2) is 6.44. The number of hydrogen-bond donors (Lipinski definition) is 2. The van der Waals surface area contributed by atoms with E-state index in [9.17, 15) is 4.39 Å². The molecule has 3 N–H and O–H groups in total. The largest absolute Gasteiger partial charge is 0.271 e. The van der Waals surface area contributed by atoms with Crippen molar-refractivity contribution in [3.05, 3.63) is 56.5 Å². The van der Waals surface area contributed by atoms with Gasteiger partial charge in [0, 0.05) is 21.9 Å². The molecule has 0 spiro atoms. The lowest BCUT2D eigenvalue weighted by molar-refractivity contribution is 0.393. The molecule has 1 aliphatic carbocycles. The number of rotatable bonds is 4. The van der Waals surface area contributed by atoms with Crippen molar-refractivity contribution in [2.75, 3.05) is 0 Å². The molecule has 0 saturated heterocycles. The van der Waals surface area contributed by atoms with Crippen LogP contribution in [-0.2, 0) is 12.8 Å². The Labute approximate surface area is 133 Å². The molecule has 0 bridgehead atoms. The lowest BCUT2D eigenvalue weighted by Crippen LogP contribution is -2.42. The predicted octanol–water partition coefficient (Wildman–Crippen LogP) is 4.04. The molecule has 1 heterocycles. The first-order chi connectivity index (χ1) is 10.2. The molecule has 112 valence electrons. The van der Waals surface area contributed by atoms with Crippen molar-refractivity contribution >= 4 is 22.9 Å². The van der Waals surface area contributed by atoms with E-state index in [1.54, 1.807) is 23.5 Å². The minimum atomic E-state index is -0.221. The molecule has 2 atom stereocenters. The third kappa shape index (κ3) is 3.14. The Morgan fingerprint density at radius 2 is 2.29 bits per heavy atom. The number of nitrogens with one attached hydrogen (secondary N) is 1. The van der Waals surface area contributed by atoms with Crippen LogP contribution in [0, 0.1) is 5.82 Å². The fourth-order valence-corrected chi connectivity index (χ4v) is 4.39. The van der Waals surface area contributed by atoms with Crippen LogP contribution in [0.3, 0.4) is 0 Å². The van der Waals surface area contributed by atoms with E-state index in [1.165, 1.54) is 16.5 Å². The SMILES string of the molecule is NNC(Cc1cc(Cl)ccc1F)C1CCCc2sccc21. The second-order valence-corrected chi connectivity index (χ2v) is 6.95. The summed E-state index contributed by atoms with van der Waals surface area (Å²) in [4.78, 5) is 1.44. The Bertz CT molecular complexity index is 628. The number of hydrogen-bond acceptors (Lipinski definition) is 3. The van der Waals surface area contributed by atoms with Crippen molar-refractivity contribution in [1.82, 2.24) is 5.43 Å². The van der Waals surface area contributed by atoms with Gasteiger partial charge in [-0.1, -0.05) is 11.6 Å². The standard InChI is InChI=1S/C16H18ClFN2S/c17-11-4-5-14(18)10(8-11)9-15(20-19)12-2-1-3-16-13(12)6-7-21-16/h4-8,12,15,20H,1-3,9,19H2. The maximum atomic E-state index is 13.9. The van der Waals surface area contributed by atoms with Crippen LogP contribution in [0.25, 0.3) is 0 Å². The van der Waals surface area contributed by atoms with Gasteiger partial charge >= 0.3 is 0 Å². The maximum absolute atomic E-state index is 13.9. The van der Waals surface area contributed by atoms with Crippen LogP contribution in [0.2, 0.25) is 5.02 Å². The van der Waals surface area contributed by atoms with Gasteiger partial charge < -0.3 is 0 Å². The van der Waals surface area contributed by atoms with Crippen LogP contribution in [0.5, 0.6) is 0 Å².